The number of ether oxygens (including phenoxy) is 3. The first-order valence-corrected chi connectivity index (χ1v) is 15.3. The highest BCUT2D eigenvalue weighted by Crippen LogP contribution is 2.51. The van der Waals surface area contributed by atoms with E-state index in [1.165, 1.54) is 5.57 Å². The molecule has 214 valence electrons. The summed E-state index contributed by atoms with van der Waals surface area (Å²) in [5, 5.41) is 9.65. The largest absolute Gasteiger partial charge is 0.497 e. The molecule has 5 atom stereocenters. The maximum absolute atomic E-state index is 13.9. The Morgan fingerprint density at radius 3 is 1.85 bits per heavy atom. The van der Waals surface area contributed by atoms with Gasteiger partial charge in [-0.1, -0.05) is 44.2 Å². The third-order valence-corrected chi connectivity index (χ3v) is 10.8. The molecule has 2 aliphatic rings. The molecule has 0 bridgehead atoms. The summed E-state index contributed by atoms with van der Waals surface area (Å²) in [5.74, 6) is 2.09. The molecule has 1 saturated carbocycles. The molecule has 4 rings (SSSR count). The first-order valence-electron chi connectivity index (χ1n) is 13.7. The average Bonchev–Trinajstić information content (AvgIpc) is 2.89. The molecule has 1 N–H and O–H groups in total. The smallest absolute Gasteiger partial charge is 0.215 e. The number of rotatable bonds is 14. The summed E-state index contributed by atoms with van der Waals surface area (Å²) in [6.45, 7) is 4.93. The molecule has 2 unspecified atom stereocenters. The number of nitrogens with zero attached hydrogens (tertiary/aromatic N) is 1. The summed E-state index contributed by atoms with van der Waals surface area (Å²) in [6.07, 6.45) is 5.15. The van der Waals surface area contributed by atoms with Crippen LogP contribution in [0.5, 0.6) is 11.5 Å². The number of allylic oxidation sites excluding steroid dienone is 1. The molecule has 2 aromatic carbocycles. The summed E-state index contributed by atoms with van der Waals surface area (Å²) in [7, 11) is 1.37. The number of hydrogen-bond donors (Lipinski definition) is 1. The molecule has 8 heteroatoms. The SMILES string of the molecule is COc1ccc(CN(Cc2ccc(OC)cc2)S(=O)(=O)C[C@@H](C)C2(C)C=C([C@H](OC)[C@@H]3CCC3CO)C2)cc1. The van der Waals surface area contributed by atoms with Crippen LogP contribution < -0.4 is 9.47 Å². The third-order valence-electron chi connectivity index (χ3n) is 8.83. The predicted molar refractivity (Wildman–Crippen MR) is 153 cm³/mol. The molecule has 7 nitrogen and oxygen atoms in total. The zero-order chi connectivity index (χ0) is 28.2. The van der Waals surface area contributed by atoms with E-state index >= 15 is 0 Å². The maximum Gasteiger partial charge on any atom is 0.215 e. The molecule has 1 fully saturated rings. The van der Waals surface area contributed by atoms with Crippen molar-refractivity contribution in [3.63, 3.8) is 0 Å². The van der Waals surface area contributed by atoms with Gasteiger partial charge >= 0.3 is 0 Å². The van der Waals surface area contributed by atoms with Crippen LogP contribution in [0, 0.1) is 23.2 Å². The Balaban J connectivity index is 1.50. The van der Waals surface area contributed by atoms with Crippen molar-refractivity contribution in [1.82, 2.24) is 4.31 Å². The second-order valence-corrected chi connectivity index (χ2v) is 13.4. The monoisotopic (exact) mass is 557 g/mol. The van der Waals surface area contributed by atoms with Gasteiger partial charge in [0.2, 0.25) is 10.0 Å². The predicted octanol–water partition coefficient (Wildman–Crippen LogP) is 5.04. The molecule has 0 aliphatic heterocycles. The molecule has 0 saturated heterocycles. The highest BCUT2D eigenvalue weighted by Gasteiger charge is 2.46. The van der Waals surface area contributed by atoms with E-state index in [1.807, 2.05) is 55.5 Å². The molecular formula is C31H43NO6S. The highest BCUT2D eigenvalue weighted by molar-refractivity contribution is 7.89. The molecule has 0 aromatic heterocycles. The van der Waals surface area contributed by atoms with Crippen molar-refractivity contribution in [1.29, 1.82) is 0 Å². The van der Waals surface area contributed by atoms with Gasteiger partial charge in [0, 0.05) is 26.8 Å². The fourth-order valence-corrected chi connectivity index (χ4v) is 7.80. The lowest BCUT2D eigenvalue weighted by molar-refractivity contribution is -0.0257. The number of methoxy groups -OCH3 is 3. The lowest BCUT2D eigenvalue weighted by atomic mass is 9.60. The Morgan fingerprint density at radius 2 is 1.46 bits per heavy atom. The third kappa shape index (κ3) is 6.68. The van der Waals surface area contributed by atoms with E-state index in [4.69, 9.17) is 14.2 Å². The summed E-state index contributed by atoms with van der Waals surface area (Å²) >= 11 is 0. The number of aliphatic hydroxyl groups excluding tert-OH is 1. The lowest BCUT2D eigenvalue weighted by Crippen LogP contribution is -2.46. The van der Waals surface area contributed by atoms with E-state index in [0.29, 0.717) is 11.8 Å². The van der Waals surface area contributed by atoms with Crippen LogP contribution in [0.3, 0.4) is 0 Å². The fourth-order valence-electron chi connectivity index (χ4n) is 5.89. The Labute approximate surface area is 233 Å². The van der Waals surface area contributed by atoms with Crippen LogP contribution >= 0.6 is 0 Å². The van der Waals surface area contributed by atoms with Crippen LogP contribution in [0.15, 0.2) is 60.2 Å². The molecular weight excluding hydrogens is 514 g/mol. The topological polar surface area (TPSA) is 85.3 Å². The standard InChI is InChI=1S/C31H43NO6S/c1-22(31(2)16-26(17-31)30(38-5)29-15-10-25(29)20-33)21-39(34,35)32(18-23-6-11-27(36-3)12-7-23)19-24-8-13-28(37-4)14-9-24/h6-9,11-14,16,22,25,29-30,33H,10,15,17-21H2,1-5H3/t22-,25?,29-,30+,31?/m1/s1. The van der Waals surface area contributed by atoms with Crippen LogP contribution in [0.25, 0.3) is 0 Å². The zero-order valence-corrected chi connectivity index (χ0v) is 24.6. The second kappa shape index (κ2) is 12.4. The Hall–Kier alpha value is -2.39. The number of sulfonamides is 1. The molecule has 2 aliphatic carbocycles. The van der Waals surface area contributed by atoms with Crippen molar-refractivity contribution in [3.05, 3.63) is 71.3 Å². The van der Waals surface area contributed by atoms with Crippen LogP contribution in [-0.2, 0) is 27.8 Å². The van der Waals surface area contributed by atoms with E-state index in [9.17, 15) is 13.5 Å². The van der Waals surface area contributed by atoms with Crippen LogP contribution in [0.2, 0.25) is 0 Å². The normalized spacial score (nSPS) is 24.3. The number of benzene rings is 2. The van der Waals surface area contributed by atoms with E-state index in [1.54, 1.807) is 25.6 Å². The first-order chi connectivity index (χ1) is 18.6. The van der Waals surface area contributed by atoms with Crippen LogP contribution in [0.1, 0.15) is 44.2 Å². The van der Waals surface area contributed by atoms with Gasteiger partial charge in [-0.25, -0.2) is 8.42 Å². The van der Waals surface area contributed by atoms with Gasteiger partial charge in [-0.15, -0.1) is 0 Å². The van der Waals surface area contributed by atoms with Gasteiger partial charge in [0.1, 0.15) is 11.5 Å². The van der Waals surface area contributed by atoms with Gasteiger partial charge in [0.15, 0.2) is 0 Å². The van der Waals surface area contributed by atoms with Gasteiger partial charge in [-0.2, -0.15) is 4.31 Å². The molecule has 0 radical (unpaired) electrons. The number of aliphatic hydroxyl groups is 1. The van der Waals surface area contributed by atoms with Gasteiger partial charge in [0.25, 0.3) is 0 Å². The molecule has 0 amide bonds. The highest BCUT2D eigenvalue weighted by atomic mass is 32.2. The Bertz CT molecular complexity index is 1180. The first kappa shape index (κ1) is 29.6. The van der Waals surface area contributed by atoms with E-state index in [0.717, 1.165) is 41.9 Å². The van der Waals surface area contributed by atoms with Crippen molar-refractivity contribution in [3.8, 4) is 11.5 Å². The maximum atomic E-state index is 13.9. The van der Waals surface area contributed by atoms with Gasteiger partial charge in [-0.3, -0.25) is 0 Å². The van der Waals surface area contributed by atoms with Crippen molar-refractivity contribution in [2.24, 2.45) is 23.2 Å². The summed E-state index contributed by atoms with van der Waals surface area (Å²) in [5.41, 5.74) is 2.82. The minimum Gasteiger partial charge on any atom is -0.497 e. The van der Waals surface area contributed by atoms with Crippen LogP contribution in [-0.4, -0.2) is 57.6 Å². The molecule has 39 heavy (non-hydrogen) atoms. The van der Waals surface area contributed by atoms with Crippen molar-refractivity contribution in [2.45, 2.75) is 52.3 Å². The summed E-state index contributed by atoms with van der Waals surface area (Å²) in [4.78, 5) is 0. The van der Waals surface area contributed by atoms with Crippen molar-refractivity contribution < 1.29 is 27.7 Å². The Morgan fingerprint density at radius 1 is 0.949 bits per heavy atom. The van der Waals surface area contributed by atoms with Crippen molar-refractivity contribution in [2.75, 3.05) is 33.7 Å². The van der Waals surface area contributed by atoms with E-state index < -0.39 is 10.0 Å². The second-order valence-electron chi connectivity index (χ2n) is 11.4. The molecule has 0 spiro atoms. The number of hydrogen-bond acceptors (Lipinski definition) is 6. The van der Waals surface area contributed by atoms with Gasteiger partial charge in [0.05, 0.1) is 26.1 Å². The van der Waals surface area contributed by atoms with Crippen LogP contribution in [0.4, 0.5) is 0 Å². The van der Waals surface area contributed by atoms with Gasteiger partial charge < -0.3 is 19.3 Å². The van der Waals surface area contributed by atoms with E-state index in [2.05, 4.69) is 13.0 Å². The lowest BCUT2D eigenvalue weighted by Gasteiger charge is -2.48. The van der Waals surface area contributed by atoms with Gasteiger partial charge in [-0.05, 0) is 83.4 Å². The fraction of sp³-hybridized carbons (Fsp3) is 0.548. The summed E-state index contributed by atoms with van der Waals surface area (Å²) < 4.78 is 45.8. The Kier molecular flexibility index (Phi) is 9.42. The van der Waals surface area contributed by atoms with Crippen molar-refractivity contribution >= 4 is 10.0 Å². The minimum atomic E-state index is -3.60. The minimum absolute atomic E-state index is 0.00873. The quantitative estimate of drug-likeness (QED) is 0.328. The van der Waals surface area contributed by atoms with E-state index in [-0.39, 0.29) is 42.9 Å². The zero-order valence-electron chi connectivity index (χ0n) is 23.8. The summed E-state index contributed by atoms with van der Waals surface area (Å²) in [6, 6.07) is 15.1. The molecule has 2 aromatic rings. The molecule has 0 heterocycles. The average molecular weight is 558 g/mol.